The number of β-lactam (4-membered cyclic amide) rings is 1. The topological polar surface area (TPSA) is 107 Å². The molecular formula is C31H41NO6S2. The zero-order valence-electron chi connectivity index (χ0n) is 23.8. The van der Waals surface area contributed by atoms with E-state index in [4.69, 9.17) is 4.74 Å². The first kappa shape index (κ1) is 30.6. The Kier molecular flexibility index (Phi) is 10.0. The third-order valence-electron chi connectivity index (χ3n) is 8.07. The second-order valence-electron chi connectivity index (χ2n) is 11.2. The lowest BCUT2D eigenvalue weighted by atomic mass is 9.73. The molecule has 40 heavy (non-hydrogen) atoms. The van der Waals surface area contributed by atoms with Crippen LogP contribution < -0.4 is 4.74 Å². The molecule has 2 aliphatic heterocycles. The summed E-state index contributed by atoms with van der Waals surface area (Å²) in [7, 11) is 0. The summed E-state index contributed by atoms with van der Waals surface area (Å²) in [5.41, 5.74) is 4.19. The summed E-state index contributed by atoms with van der Waals surface area (Å²) in [4.78, 5) is 26.4. The van der Waals surface area contributed by atoms with E-state index in [1.165, 1.54) is 34.0 Å². The lowest BCUT2D eigenvalue weighted by Gasteiger charge is -2.43. The van der Waals surface area contributed by atoms with Gasteiger partial charge in [-0.1, -0.05) is 43.6 Å². The number of rotatable bonds is 13. The predicted molar refractivity (Wildman–Crippen MR) is 161 cm³/mol. The summed E-state index contributed by atoms with van der Waals surface area (Å²) in [6.45, 7) is 12.1. The van der Waals surface area contributed by atoms with E-state index in [1.54, 1.807) is 6.92 Å². The van der Waals surface area contributed by atoms with Crippen LogP contribution in [0.3, 0.4) is 0 Å². The van der Waals surface area contributed by atoms with Crippen molar-refractivity contribution in [1.29, 1.82) is 0 Å². The number of ether oxygens (including phenoxy) is 1. The monoisotopic (exact) mass is 587 g/mol. The average Bonchev–Trinajstić information content (AvgIpc) is 3.20. The first-order valence-electron chi connectivity index (χ1n) is 14.1. The third-order valence-corrected chi connectivity index (χ3v) is 10.4. The maximum Gasteiger partial charge on any atom is 0.353 e. The maximum atomic E-state index is 12.5. The van der Waals surface area contributed by atoms with Gasteiger partial charge in [0.1, 0.15) is 28.5 Å². The molecule has 0 saturated carbocycles. The number of unbranched alkanes of at least 4 members (excludes halogenated alkanes) is 2. The summed E-state index contributed by atoms with van der Waals surface area (Å²) in [5.74, 6) is -0.378. The first-order valence-corrected chi connectivity index (χ1v) is 16.1. The largest absolute Gasteiger partial charge is 0.507 e. The van der Waals surface area contributed by atoms with E-state index in [-0.39, 0.29) is 40.5 Å². The number of carbonyl (C=O) groups excluding carboxylic acids is 1. The normalized spacial score (nSPS) is 24.9. The van der Waals surface area contributed by atoms with Crippen LogP contribution in [0.25, 0.3) is 0 Å². The molecule has 1 fully saturated rings. The fraction of sp³-hybridized carbons (Fsp3) is 0.548. The van der Waals surface area contributed by atoms with E-state index in [2.05, 4.69) is 26.5 Å². The number of hydrogen-bond acceptors (Lipinski definition) is 7. The van der Waals surface area contributed by atoms with Crippen LogP contribution in [0.5, 0.6) is 11.5 Å². The van der Waals surface area contributed by atoms with Crippen molar-refractivity contribution in [3.63, 3.8) is 0 Å². The summed E-state index contributed by atoms with van der Waals surface area (Å²) < 4.78 is 6.33. The molecule has 0 radical (unpaired) electrons. The highest BCUT2D eigenvalue weighted by molar-refractivity contribution is 8.06. The summed E-state index contributed by atoms with van der Waals surface area (Å²) in [6, 6.07) is 3.92. The molecular weight excluding hydrogens is 546 g/mol. The predicted octanol–water partition coefficient (Wildman–Crippen LogP) is 6.42. The summed E-state index contributed by atoms with van der Waals surface area (Å²) in [6.07, 6.45) is 7.50. The molecule has 0 bridgehead atoms. The lowest BCUT2D eigenvalue weighted by molar-refractivity contribution is -0.156. The van der Waals surface area contributed by atoms with Crippen molar-refractivity contribution >= 4 is 35.4 Å². The lowest BCUT2D eigenvalue weighted by Crippen LogP contribution is -2.60. The van der Waals surface area contributed by atoms with E-state index in [9.17, 15) is 24.9 Å². The van der Waals surface area contributed by atoms with Gasteiger partial charge in [0.05, 0.1) is 12.0 Å². The minimum absolute atomic E-state index is 0.00720. The van der Waals surface area contributed by atoms with E-state index in [0.717, 1.165) is 55.2 Å². The third kappa shape index (κ3) is 6.26. The number of benzene rings is 1. The van der Waals surface area contributed by atoms with Crippen LogP contribution >= 0.6 is 23.5 Å². The van der Waals surface area contributed by atoms with Crippen molar-refractivity contribution in [1.82, 2.24) is 4.90 Å². The summed E-state index contributed by atoms with van der Waals surface area (Å²) in [5, 5.41) is 30.7. The minimum Gasteiger partial charge on any atom is -0.507 e. The highest BCUT2D eigenvalue weighted by atomic mass is 32.2. The molecule has 2 unspecified atom stereocenters. The number of aryl methyl sites for hydroxylation is 1. The van der Waals surface area contributed by atoms with Gasteiger partial charge in [-0.3, -0.25) is 9.69 Å². The van der Waals surface area contributed by atoms with Gasteiger partial charge < -0.3 is 20.1 Å². The molecule has 9 heteroatoms. The van der Waals surface area contributed by atoms with E-state index in [1.807, 2.05) is 19.1 Å². The van der Waals surface area contributed by atoms with Crippen molar-refractivity contribution in [3.05, 3.63) is 57.7 Å². The van der Waals surface area contributed by atoms with Crippen LogP contribution in [-0.4, -0.2) is 55.3 Å². The molecule has 3 aliphatic rings. The molecule has 1 aliphatic carbocycles. The molecule has 1 amide bonds. The number of fused-ring (bicyclic) bond motifs is 1. The van der Waals surface area contributed by atoms with Gasteiger partial charge >= 0.3 is 5.97 Å². The highest BCUT2D eigenvalue weighted by Crippen LogP contribution is 2.51. The molecule has 3 N–H and O–H groups in total. The Labute approximate surface area is 245 Å². The second-order valence-corrected chi connectivity index (χ2v) is 13.3. The van der Waals surface area contributed by atoms with Crippen molar-refractivity contribution in [2.45, 2.75) is 83.6 Å². The molecule has 5 atom stereocenters. The number of aliphatic hydroxyl groups is 1. The number of phenols is 1. The molecule has 1 aromatic rings. The Balaban J connectivity index is 1.53. The van der Waals surface area contributed by atoms with Crippen molar-refractivity contribution < 1.29 is 29.6 Å². The highest BCUT2D eigenvalue weighted by Gasteiger charge is 2.57. The molecule has 0 aromatic heterocycles. The van der Waals surface area contributed by atoms with Crippen molar-refractivity contribution in [3.8, 4) is 11.5 Å². The van der Waals surface area contributed by atoms with Crippen LogP contribution in [0, 0.1) is 11.8 Å². The molecule has 2 heterocycles. The Bertz CT molecular complexity index is 1220. The van der Waals surface area contributed by atoms with Gasteiger partial charge in [-0.2, -0.15) is 0 Å². The van der Waals surface area contributed by atoms with Gasteiger partial charge in [-0.05, 0) is 70.1 Å². The number of aliphatic hydroxyl groups excluding tert-OH is 1. The fourth-order valence-electron chi connectivity index (χ4n) is 5.95. The number of thioether (sulfide) groups is 2. The Hall–Kier alpha value is -2.36. The standard InChI is InChI=1S/C31H41NO6S2/c1-6-7-8-9-20-13-23(34)27(22-12-18(4)10-11-21(22)17(2)3)24(14-20)38-16-39-15-25-28(31(36)37)32-29(35)26(19(5)33)30(32)40-25/h12-14,19,21-22,26,30,33-34H,2,6-11,15-16H2,1,3-5H3,(H,36,37)/t19-,21+,22-,26?,30?/m1/s1. The number of aliphatic carboxylic acids is 1. The number of carbonyl (C=O) groups is 2. The fourth-order valence-corrected chi connectivity index (χ4v) is 8.48. The number of amides is 1. The molecule has 1 aromatic carbocycles. The molecule has 4 rings (SSSR count). The number of nitrogens with zero attached hydrogens (tertiary/aromatic N) is 1. The number of hydrogen-bond donors (Lipinski definition) is 3. The Morgan fingerprint density at radius 2 is 2.08 bits per heavy atom. The van der Waals surface area contributed by atoms with Crippen LogP contribution in [-0.2, 0) is 16.0 Å². The number of phenolic OH excluding ortho intramolecular Hbond substituents is 1. The van der Waals surface area contributed by atoms with E-state index < -0.39 is 18.0 Å². The van der Waals surface area contributed by atoms with Crippen molar-refractivity contribution in [2.24, 2.45) is 11.8 Å². The molecule has 7 nitrogen and oxygen atoms in total. The van der Waals surface area contributed by atoms with Crippen LogP contribution in [0.15, 0.2) is 46.5 Å². The molecule has 218 valence electrons. The second kappa shape index (κ2) is 13.1. The molecule has 0 spiro atoms. The Morgan fingerprint density at radius 1 is 1.32 bits per heavy atom. The quantitative estimate of drug-likeness (QED) is 0.105. The SMILES string of the molecule is C=C(C)[C@@H]1CCC(C)=C[C@H]1c1c(O)cc(CCCCC)cc1OCSCC1=C(C(=O)O)N2C(=O)C([C@@H](C)O)C2S1. The van der Waals surface area contributed by atoms with Gasteiger partial charge in [0, 0.05) is 22.1 Å². The van der Waals surface area contributed by atoms with Gasteiger partial charge in [-0.15, -0.1) is 23.5 Å². The van der Waals surface area contributed by atoms with Gasteiger partial charge in [0.15, 0.2) is 0 Å². The number of carboxylic acids is 1. The van der Waals surface area contributed by atoms with Gasteiger partial charge in [0.25, 0.3) is 0 Å². The smallest absolute Gasteiger partial charge is 0.353 e. The Morgan fingerprint density at radius 3 is 2.73 bits per heavy atom. The minimum atomic E-state index is -1.14. The average molecular weight is 588 g/mol. The van der Waals surface area contributed by atoms with Gasteiger partial charge in [0.2, 0.25) is 5.91 Å². The van der Waals surface area contributed by atoms with Crippen molar-refractivity contribution in [2.75, 3.05) is 11.7 Å². The number of aromatic hydroxyl groups is 1. The van der Waals surface area contributed by atoms with Gasteiger partial charge in [-0.25, -0.2) is 4.79 Å². The van der Waals surface area contributed by atoms with Crippen LogP contribution in [0.1, 0.15) is 76.8 Å². The van der Waals surface area contributed by atoms with Crippen LogP contribution in [0.4, 0.5) is 0 Å². The summed E-state index contributed by atoms with van der Waals surface area (Å²) >= 11 is 2.77. The number of carboxylic acid groups (broad SMARTS) is 1. The zero-order chi connectivity index (χ0) is 29.1. The number of allylic oxidation sites excluding steroid dienone is 3. The van der Waals surface area contributed by atoms with E-state index >= 15 is 0 Å². The maximum absolute atomic E-state index is 12.5. The zero-order valence-corrected chi connectivity index (χ0v) is 25.4. The molecule has 1 saturated heterocycles. The van der Waals surface area contributed by atoms with E-state index in [0.29, 0.717) is 16.4 Å². The van der Waals surface area contributed by atoms with Crippen LogP contribution in [0.2, 0.25) is 0 Å². The first-order chi connectivity index (χ1) is 19.0.